The maximum atomic E-state index is 13.2. The van der Waals surface area contributed by atoms with Gasteiger partial charge in [0, 0.05) is 7.05 Å². The molecule has 1 N–H and O–H groups in total. The van der Waals surface area contributed by atoms with Crippen LogP contribution in [0.25, 0.3) is 10.8 Å². The summed E-state index contributed by atoms with van der Waals surface area (Å²) in [6.45, 7) is 1.94. The standard InChI is InChI=1S/C22H20N4O2S2/c1-14-9-11-16(12-10-14)30(27,28)25-20-17-7-3-5-15-6-4-8-18(19(15)17)21(20)29-22-24-23-13-26(22)2/h3-13,20-21,25H,1-2H3/t20-,21-/m0/s1. The maximum Gasteiger partial charge on any atom is 0.241 e. The highest BCUT2D eigenvalue weighted by Crippen LogP contribution is 2.52. The summed E-state index contributed by atoms with van der Waals surface area (Å²) >= 11 is 1.52. The molecular formula is C22H20N4O2S2. The van der Waals surface area contributed by atoms with Crippen LogP contribution in [0.15, 0.2) is 77.0 Å². The Bertz CT molecular complexity index is 1340. The quantitative estimate of drug-likeness (QED) is 0.509. The summed E-state index contributed by atoms with van der Waals surface area (Å²) in [6.07, 6.45) is 1.65. The first-order valence-electron chi connectivity index (χ1n) is 9.55. The third kappa shape index (κ3) is 3.21. The number of benzene rings is 3. The third-order valence-electron chi connectivity index (χ3n) is 5.43. The summed E-state index contributed by atoms with van der Waals surface area (Å²) in [5.74, 6) is 0. The second-order valence-electron chi connectivity index (χ2n) is 7.47. The average Bonchev–Trinajstić information content (AvgIpc) is 3.26. The molecule has 152 valence electrons. The zero-order valence-electron chi connectivity index (χ0n) is 16.5. The maximum absolute atomic E-state index is 13.2. The van der Waals surface area contributed by atoms with Crippen LogP contribution in [0.2, 0.25) is 0 Å². The van der Waals surface area contributed by atoms with Crippen LogP contribution in [0.5, 0.6) is 0 Å². The lowest BCUT2D eigenvalue weighted by Gasteiger charge is -2.22. The summed E-state index contributed by atoms with van der Waals surface area (Å²) in [5.41, 5.74) is 3.11. The molecular weight excluding hydrogens is 416 g/mol. The predicted octanol–water partition coefficient (Wildman–Crippen LogP) is 4.14. The number of aryl methyl sites for hydroxylation is 2. The molecule has 0 fully saturated rings. The first-order chi connectivity index (χ1) is 14.4. The average molecular weight is 437 g/mol. The molecule has 6 nitrogen and oxygen atoms in total. The first kappa shape index (κ1) is 19.3. The number of sulfonamides is 1. The normalized spacial score (nSPS) is 18.2. The minimum Gasteiger partial charge on any atom is -0.312 e. The summed E-state index contributed by atoms with van der Waals surface area (Å²) in [5, 5.41) is 11.0. The SMILES string of the molecule is Cc1ccc(S(=O)(=O)N[C@H]2c3cccc4cccc(c34)[C@@H]2Sc2nncn2C)cc1. The van der Waals surface area contributed by atoms with Crippen molar-refractivity contribution in [2.75, 3.05) is 0 Å². The van der Waals surface area contributed by atoms with E-state index < -0.39 is 16.1 Å². The van der Waals surface area contributed by atoms with Gasteiger partial charge < -0.3 is 4.57 Å². The molecule has 1 aliphatic rings. The lowest BCUT2D eigenvalue weighted by Crippen LogP contribution is -2.30. The molecule has 0 aliphatic heterocycles. The monoisotopic (exact) mass is 436 g/mol. The van der Waals surface area contributed by atoms with Gasteiger partial charge >= 0.3 is 0 Å². The van der Waals surface area contributed by atoms with E-state index in [9.17, 15) is 8.42 Å². The summed E-state index contributed by atoms with van der Waals surface area (Å²) in [7, 11) is -1.82. The van der Waals surface area contributed by atoms with E-state index in [2.05, 4.69) is 33.1 Å². The lowest BCUT2D eigenvalue weighted by molar-refractivity contribution is 0.557. The Kier molecular flexibility index (Phi) is 4.65. The minimum atomic E-state index is -3.70. The van der Waals surface area contributed by atoms with E-state index in [1.54, 1.807) is 18.5 Å². The molecule has 2 atom stereocenters. The second-order valence-corrected chi connectivity index (χ2v) is 10.3. The van der Waals surface area contributed by atoms with Gasteiger partial charge in [0.2, 0.25) is 10.0 Å². The Balaban J connectivity index is 1.60. The molecule has 1 aromatic heterocycles. The van der Waals surface area contributed by atoms with Crippen LogP contribution in [-0.4, -0.2) is 23.2 Å². The number of thioether (sulfide) groups is 1. The molecule has 0 unspecified atom stereocenters. The van der Waals surface area contributed by atoms with Gasteiger partial charge in [-0.3, -0.25) is 0 Å². The molecule has 30 heavy (non-hydrogen) atoms. The Morgan fingerprint density at radius 1 is 1.00 bits per heavy atom. The van der Waals surface area contributed by atoms with Crippen molar-refractivity contribution in [3.05, 3.63) is 83.7 Å². The molecule has 0 saturated heterocycles. The molecule has 5 rings (SSSR count). The fraction of sp³-hybridized carbons (Fsp3) is 0.182. The molecule has 8 heteroatoms. The van der Waals surface area contributed by atoms with Crippen molar-refractivity contribution in [3.8, 4) is 0 Å². The van der Waals surface area contributed by atoms with Crippen molar-refractivity contribution in [3.63, 3.8) is 0 Å². The molecule has 4 aromatic rings. The van der Waals surface area contributed by atoms with E-state index in [0.717, 1.165) is 32.6 Å². The summed E-state index contributed by atoms with van der Waals surface area (Å²) in [6, 6.07) is 18.7. The molecule has 0 spiro atoms. The van der Waals surface area contributed by atoms with Crippen molar-refractivity contribution in [1.29, 1.82) is 0 Å². The van der Waals surface area contributed by atoms with Crippen LogP contribution < -0.4 is 4.72 Å². The zero-order valence-corrected chi connectivity index (χ0v) is 18.1. The largest absolute Gasteiger partial charge is 0.312 e. The number of hydrogen-bond acceptors (Lipinski definition) is 5. The topological polar surface area (TPSA) is 76.9 Å². The fourth-order valence-electron chi connectivity index (χ4n) is 3.94. The molecule has 0 saturated carbocycles. The molecule has 0 radical (unpaired) electrons. The molecule has 1 aliphatic carbocycles. The van der Waals surface area contributed by atoms with E-state index >= 15 is 0 Å². The van der Waals surface area contributed by atoms with Crippen molar-refractivity contribution >= 4 is 32.6 Å². The summed E-state index contributed by atoms with van der Waals surface area (Å²) < 4.78 is 31.3. The third-order valence-corrected chi connectivity index (χ3v) is 8.25. The van der Waals surface area contributed by atoms with E-state index in [4.69, 9.17) is 0 Å². The molecule has 0 bridgehead atoms. The van der Waals surface area contributed by atoms with Crippen molar-refractivity contribution in [1.82, 2.24) is 19.5 Å². The smallest absolute Gasteiger partial charge is 0.241 e. The van der Waals surface area contributed by atoms with Crippen LogP contribution in [0.1, 0.15) is 28.0 Å². The van der Waals surface area contributed by atoms with Gasteiger partial charge in [0.05, 0.1) is 16.2 Å². The Labute approximate surface area is 179 Å². The van der Waals surface area contributed by atoms with E-state index in [0.29, 0.717) is 0 Å². The second kappa shape index (κ2) is 7.23. The molecule has 0 amide bonds. The Morgan fingerprint density at radius 2 is 1.70 bits per heavy atom. The van der Waals surface area contributed by atoms with Crippen LogP contribution in [0, 0.1) is 6.92 Å². The van der Waals surface area contributed by atoms with Gasteiger partial charge in [0.1, 0.15) is 6.33 Å². The van der Waals surface area contributed by atoms with E-state index in [-0.39, 0.29) is 10.1 Å². The van der Waals surface area contributed by atoms with Crippen LogP contribution >= 0.6 is 11.8 Å². The highest BCUT2D eigenvalue weighted by Gasteiger charge is 2.38. The highest BCUT2D eigenvalue weighted by molar-refractivity contribution is 7.99. The zero-order chi connectivity index (χ0) is 20.9. The first-order valence-corrected chi connectivity index (χ1v) is 11.9. The van der Waals surface area contributed by atoms with Gasteiger partial charge in [-0.15, -0.1) is 10.2 Å². The number of rotatable bonds is 5. The van der Waals surface area contributed by atoms with Gasteiger partial charge in [0.15, 0.2) is 5.16 Å². The van der Waals surface area contributed by atoms with Crippen molar-refractivity contribution < 1.29 is 8.42 Å². The van der Waals surface area contributed by atoms with Gasteiger partial charge in [-0.2, -0.15) is 0 Å². The number of aromatic nitrogens is 3. The Hall–Kier alpha value is -2.68. The van der Waals surface area contributed by atoms with Crippen molar-refractivity contribution in [2.24, 2.45) is 7.05 Å². The van der Waals surface area contributed by atoms with Gasteiger partial charge in [-0.05, 0) is 41.0 Å². The molecule has 1 heterocycles. The van der Waals surface area contributed by atoms with E-state index in [1.807, 2.05) is 48.9 Å². The Morgan fingerprint density at radius 3 is 2.37 bits per heavy atom. The number of hydrogen-bond donors (Lipinski definition) is 1. The van der Waals surface area contributed by atoms with E-state index in [1.165, 1.54) is 11.8 Å². The number of nitrogens with zero attached hydrogens (tertiary/aromatic N) is 3. The lowest BCUT2D eigenvalue weighted by atomic mass is 10.1. The molecule has 3 aromatic carbocycles. The summed E-state index contributed by atoms with van der Waals surface area (Å²) in [4.78, 5) is 0.263. The predicted molar refractivity (Wildman–Crippen MR) is 118 cm³/mol. The van der Waals surface area contributed by atoms with Crippen molar-refractivity contribution in [2.45, 2.75) is 28.3 Å². The van der Waals surface area contributed by atoms with Gasteiger partial charge in [0.25, 0.3) is 0 Å². The van der Waals surface area contributed by atoms with Crippen LogP contribution in [0.4, 0.5) is 0 Å². The number of nitrogens with one attached hydrogen (secondary N) is 1. The van der Waals surface area contributed by atoms with Crippen LogP contribution in [0.3, 0.4) is 0 Å². The fourth-order valence-corrected chi connectivity index (χ4v) is 6.46. The highest BCUT2D eigenvalue weighted by atomic mass is 32.2. The van der Waals surface area contributed by atoms with Gasteiger partial charge in [-0.25, -0.2) is 13.1 Å². The van der Waals surface area contributed by atoms with Crippen LogP contribution in [-0.2, 0) is 17.1 Å². The minimum absolute atomic E-state index is 0.158. The van der Waals surface area contributed by atoms with Gasteiger partial charge in [-0.1, -0.05) is 65.9 Å².